The average molecular weight is 349 g/mol. The first-order valence-corrected chi connectivity index (χ1v) is 9.15. The van der Waals surface area contributed by atoms with Crippen molar-refractivity contribution in [1.29, 1.82) is 0 Å². The van der Waals surface area contributed by atoms with Gasteiger partial charge < -0.3 is 16.4 Å². The van der Waals surface area contributed by atoms with E-state index in [-0.39, 0.29) is 6.04 Å². The lowest BCUT2D eigenvalue weighted by Crippen LogP contribution is -2.21. The van der Waals surface area contributed by atoms with Gasteiger partial charge in [0.15, 0.2) is 5.65 Å². The molecule has 0 radical (unpaired) electrons. The fraction of sp³-hybridized carbons (Fsp3) is 0.421. The van der Waals surface area contributed by atoms with Crippen LogP contribution in [-0.4, -0.2) is 32.3 Å². The van der Waals surface area contributed by atoms with Crippen molar-refractivity contribution in [3.05, 3.63) is 42.1 Å². The molecule has 4 N–H and O–H groups in total. The second kappa shape index (κ2) is 5.67. The van der Waals surface area contributed by atoms with Gasteiger partial charge in [0.2, 0.25) is 5.95 Å². The standard InChI is InChI=1S/C19H23N7/c1-26-17-13(10-22-26)16(23-15-9-19(15)7-8-19)24-18(25-17)21-11-14(20)12-5-3-2-4-6-12/h2-6,10,14-15H,7-9,11,20H2,1H3,(H2,21,23,24,25). The summed E-state index contributed by atoms with van der Waals surface area (Å²) in [5.41, 5.74) is 8.76. The molecule has 2 unspecified atom stereocenters. The van der Waals surface area contributed by atoms with Crippen LogP contribution in [0.2, 0.25) is 0 Å². The predicted molar refractivity (Wildman–Crippen MR) is 102 cm³/mol. The molecule has 7 heteroatoms. The molecule has 2 aromatic heterocycles. The van der Waals surface area contributed by atoms with E-state index >= 15 is 0 Å². The first-order chi connectivity index (χ1) is 12.6. The third-order valence-electron chi connectivity index (χ3n) is 5.69. The molecule has 2 saturated carbocycles. The maximum atomic E-state index is 6.29. The Morgan fingerprint density at radius 1 is 1.27 bits per heavy atom. The molecule has 2 aliphatic carbocycles. The zero-order valence-corrected chi connectivity index (χ0v) is 14.8. The quantitative estimate of drug-likeness (QED) is 0.633. The molecule has 134 valence electrons. The summed E-state index contributed by atoms with van der Waals surface area (Å²) in [6.07, 6.45) is 5.76. The minimum absolute atomic E-state index is 0.114. The fourth-order valence-electron chi connectivity index (χ4n) is 3.66. The number of rotatable bonds is 6. The van der Waals surface area contributed by atoms with Crippen LogP contribution < -0.4 is 16.4 Å². The van der Waals surface area contributed by atoms with Gasteiger partial charge >= 0.3 is 0 Å². The van der Waals surface area contributed by atoms with Crippen molar-refractivity contribution in [2.45, 2.75) is 31.3 Å². The highest BCUT2D eigenvalue weighted by Crippen LogP contribution is 2.66. The van der Waals surface area contributed by atoms with Crippen LogP contribution in [0.1, 0.15) is 30.9 Å². The van der Waals surface area contributed by atoms with E-state index in [9.17, 15) is 0 Å². The summed E-state index contributed by atoms with van der Waals surface area (Å²) in [7, 11) is 1.90. The Labute approximate surface area is 152 Å². The maximum absolute atomic E-state index is 6.29. The molecule has 0 aliphatic heterocycles. The van der Waals surface area contributed by atoms with Gasteiger partial charge in [-0.3, -0.25) is 4.68 Å². The molecule has 7 nitrogen and oxygen atoms in total. The van der Waals surface area contributed by atoms with Gasteiger partial charge in [-0.25, -0.2) is 0 Å². The number of nitrogens with zero attached hydrogens (tertiary/aromatic N) is 4. The van der Waals surface area contributed by atoms with Crippen LogP contribution >= 0.6 is 0 Å². The monoisotopic (exact) mass is 349 g/mol. The Bertz CT molecular complexity index is 945. The van der Waals surface area contributed by atoms with E-state index in [0.29, 0.717) is 23.9 Å². The molecule has 0 bridgehead atoms. The second-order valence-corrected chi connectivity index (χ2v) is 7.56. The fourth-order valence-corrected chi connectivity index (χ4v) is 3.66. The molecule has 5 rings (SSSR count). The van der Waals surface area contributed by atoms with E-state index in [2.05, 4.69) is 20.7 Å². The summed E-state index contributed by atoms with van der Waals surface area (Å²) in [5.74, 6) is 1.45. The number of benzene rings is 1. The molecule has 2 aliphatic rings. The van der Waals surface area contributed by atoms with Crippen molar-refractivity contribution < 1.29 is 0 Å². The van der Waals surface area contributed by atoms with E-state index in [4.69, 9.17) is 10.7 Å². The first-order valence-electron chi connectivity index (χ1n) is 9.15. The summed E-state index contributed by atoms with van der Waals surface area (Å²) in [5, 5.41) is 12.2. The molecule has 0 amide bonds. The maximum Gasteiger partial charge on any atom is 0.226 e. The Balaban J connectivity index is 1.37. The van der Waals surface area contributed by atoms with Gasteiger partial charge in [0.25, 0.3) is 0 Å². The van der Waals surface area contributed by atoms with Gasteiger partial charge in [0, 0.05) is 25.7 Å². The zero-order chi connectivity index (χ0) is 17.7. The van der Waals surface area contributed by atoms with Crippen molar-refractivity contribution in [1.82, 2.24) is 19.7 Å². The van der Waals surface area contributed by atoms with Crippen molar-refractivity contribution in [2.75, 3.05) is 17.2 Å². The number of nitrogens with one attached hydrogen (secondary N) is 2. The Morgan fingerprint density at radius 2 is 2.08 bits per heavy atom. The number of anilines is 2. The summed E-state index contributed by atoms with van der Waals surface area (Å²) in [6.45, 7) is 0.570. The summed E-state index contributed by atoms with van der Waals surface area (Å²) in [4.78, 5) is 9.33. The van der Waals surface area contributed by atoms with Crippen LogP contribution in [0.3, 0.4) is 0 Å². The van der Waals surface area contributed by atoms with Gasteiger partial charge in [-0.15, -0.1) is 0 Å². The third kappa shape index (κ3) is 2.68. The highest BCUT2D eigenvalue weighted by atomic mass is 15.3. The molecule has 3 aromatic rings. The number of fused-ring (bicyclic) bond motifs is 1. The van der Waals surface area contributed by atoms with Crippen LogP contribution in [-0.2, 0) is 7.05 Å². The summed E-state index contributed by atoms with van der Waals surface area (Å²) < 4.78 is 1.78. The van der Waals surface area contributed by atoms with E-state index in [1.807, 2.05) is 43.6 Å². The topological polar surface area (TPSA) is 93.7 Å². The minimum Gasteiger partial charge on any atom is -0.366 e. The SMILES string of the molecule is Cn1ncc2c(NC3CC34CC4)nc(NCC(N)c3ccccc3)nc21. The lowest BCUT2D eigenvalue weighted by molar-refractivity contribution is 0.756. The zero-order valence-electron chi connectivity index (χ0n) is 14.8. The molecule has 1 aromatic carbocycles. The van der Waals surface area contributed by atoms with Crippen molar-refractivity contribution in [3.8, 4) is 0 Å². The minimum atomic E-state index is -0.114. The van der Waals surface area contributed by atoms with E-state index in [1.54, 1.807) is 4.68 Å². The molecule has 26 heavy (non-hydrogen) atoms. The first kappa shape index (κ1) is 15.6. The molecule has 2 heterocycles. The van der Waals surface area contributed by atoms with Gasteiger partial charge in [-0.05, 0) is 30.2 Å². The molecule has 2 fully saturated rings. The van der Waals surface area contributed by atoms with E-state index < -0.39 is 0 Å². The number of aromatic nitrogens is 4. The Hall–Kier alpha value is -2.67. The van der Waals surface area contributed by atoms with Gasteiger partial charge in [-0.2, -0.15) is 15.1 Å². The summed E-state index contributed by atoms with van der Waals surface area (Å²) in [6, 6.07) is 10.5. The number of aryl methyl sites for hydroxylation is 1. The van der Waals surface area contributed by atoms with Crippen molar-refractivity contribution in [2.24, 2.45) is 18.2 Å². The van der Waals surface area contributed by atoms with Crippen LogP contribution in [0.15, 0.2) is 36.5 Å². The van der Waals surface area contributed by atoms with Crippen LogP contribution in [0, 0.1) is 5.41 Å². The van der Waals surface area contributed by atoms with Crippen LogP contribution in [0.5, 0.6) is 0 Å². The molecule has 0 saturated heterocycles. The van der Waals surface area contributed by atoms with Gasteiger partial charge in [-0.1, -0.05) is 30.3 Å². The third-order valence-corrected chi connectivity index (χ3v) is 5.69. The van der Waals surface area contributed by atoms with Crippen molar-refractivity contribution in [3.63, 3.8) is 0 Å². The van der Waals surface area contributed by atoms with Crippen molar-refractivity contribution >= 4 is 22.8 Å². The van der Waals surface area contributed by atoms with E-state index in [0.717, 1.165) is 22.4 Å². The summed E-state index contributed by atoms with van der Waals surface area (Å²) >= 11 is 0. The number of hydrogen-bond donors (Lipinski definition) is 3. The highest BCUT2D eigenvalue weighted by molar-refractivity contribution is 5.87. The van der Waals surface area contributed by atoms with Gasteiger partial charge in [0.05, 0.1) is 11.6 Å². The Morgan fingerprint density at radius 3 is 2.81 bits per heavy atom. The lowest BCUT2D eigenvalue weighted by Gasteiger charge is -2.14. The largest absolute Gasteiger partial charge is 0.366 e. The normalized spacial score (nSPS) is 20.9. The molecule has 1 spiro atoms. The average Bonchev–Trinajstić information content (AvgIpc) is 3.55. The van der Waals surface area contributed by atoms with Crippen LogP contribution in [0.4, 0.5) is 11.8 Å². The predicted octanol–water partition coefficient (Wildman–Crippen LogP) is 2.44. The van der Waals surface area contributed by atoms with Crippen LogP contribution in [0.25, 0.3) is 11.0 Å². The molecular formula is C19H23N7. The number of nitrogens with two attached hydrogens (primary N) is 1. The Kier molecular flexibility index (Phi) is 3.40. The highest BCUT2D eigenvalue weighted by Gasteiger charge is 2.63. The molecule has 2 atom stereocenters. The van der Waals surface area contributed by atoms with Gasteiger partial charge in [0.1, 0.15) is 5.82 Å². The number of hydrogen-bond acceptors (Lipinski definition) is 6. The molecular weight excluding hydrogens is 326 g/mol. The lowest BCUT2D eigenvalue weighted by atomic mass is 10.1. The van der Waals surface area contributed by atoms with E-state index in [1.165, 1.54) is 19.3 Å². The smallest absolute Gasteiger partial charge is 0.226 e. The second-order valence-electron chi connectivity index (χ2n) is 7.56.